The summed E-state index contributed by atoms with van der Waals surface area (Å²) < 4.78 is 0. The highest BCUT2D eigenvalue weighted by Gasteiger charge is 2.35. The summed E-state index contributed by atoms with van der Waals surface area (Å²) in [6.07, 6.45) is 2.08. The third-order valence-corrected chi connectivity index (χ3v) is 2.93. The van der Waals surface area contributed by atoms with Crippen LogP contribution in [0.3, 0.4) is 0 Å². The standard InChI is InChI=1S/C11H22N2O/c1-11(2,3)9-7-6-8(12-9)10(14)13(4)5/h8-9,12H,6-7H2,1-5H3. The van der Waals surface area contributed by atoms with Crippen molar-refractivity contribution in [3.8, 4) is 0 Å². The van der Waals surface area contributed by atoms with Crippen LogP contribution in [0.15, 0.2) is 0 Å². The fraction of sp³-hybridized carbons (Fsp3) is 0.909. The molecule has 0 aromatic carbocycles. The number of nitrogens with zero attached hydrogens (tertiary/aromatic N) is 1. The van der Waals surface area contributed by atoms with Gasteiger partial charge in [-0.05, 0) is 18.3 Å². The van der Waals surface area contributed by atoms with Crippen molar-refractivity contribution >= 4 is 5.91 Å². The first-order valence-corrected chi connectivity index (χ1v) is 5.29. The SMILES string of the molecule is CN(C)C(=O)C1CCC(C(C)(C)C)N1. The zero-order valence-electron chi connectivity index (χ0n) is 9.92. The molecule has 0 saturated carbocycles. The largest absolute Gasteiger partial charge is 0.347 e. The first-order valence-electron chi connectivity index (χ1n) is 5.29. The van der Waals surface area contributed by atoms with Crippen LogP contribution in [0.4, 0.5) is 0 Å². The minimum atomic E-state index is 0.0363. The highest BCUT2D eigenvalue weighted by atomic mass is 16.2. The highest BCUT2D eigenvalue weighted by Crippen LogP contribution is 2.28. The third-order valence-electron chi connectivity index (χ3n) is 2.93. The van der Waals surface area contributed by atoms with E-state index in [1.54, 1.807) is 4.90 Å². The molecule has 2 unspecified atom stereocenters. The Morgan fingerprint density at radius 3 is 2.21 bits per heavy atom. The fourth-order valence-corrected chi connectivity index (χ4v) is 1.93. The lowest BCUT2D eigenvalue weighted by molar-refractivity contribution is -0.130. The van der Waals surface area contributed by atoms with E-state index in [1.807, 2.05) is 14.1 Å². The maximum Gasteiger partial charge on any atom is 0.239 e. The molecule has 3 nitrogen and oxygen atoms in total. The first-order chi connectivity index (χ1) is 6.32. The van der Waals surface area contributed by atoms with Crippen LogP contribution < -0.4 is 5.32 Å². The van der Waals surface area contributed by atoms with Crippen LogP contribution in [-0.4, -0.2) is 37.0 Å². The Balaban J connectivity index is 2.54. The minimum Gasteiger partial charge on any atom is -0.347 e. The number of amides is 1. The smallest absolute Gasteiger partial charge is 0.239 e. The summed E-state index contributed by atoms with van der Waals surface area (Å²) in [4.78, 5) is 13.4. The molecule has 0 aromatic rings. The van der Waals surface area contributed by atoms with Gasteiger partial charge in [0.2, 0.25) is 5.91 Å². The summed E-state index contributed by atoms with van der Waals surface area (Å²) >= 11 is 0. The zero-order chi connectivity index (χ0) is 10.9. The average molecular weight is 198 g/mol. The lowest BCUT2D eigenvalue weighted by Crippen LogP contribution is -2.45. The molecule has 1 heterocycles. The molecule has 2 atom stereocenters. The second-order valence-electron chi connectivity index (χ2n) is 5.45. The van der Waals surface area contributed by atoms with E-state index in [-0.39, 0.29) is 17.4 Å². The zero-order valence-corrected chi connectivity index (χ0v) is 9.92. The van der Waals surface area contributed by atoms with Crippen molar-refractivity contribution in [2.75, 3.05) is 14.1 Å². The lowest BCUT2D eigenvalue weighted by atomic mass is 9.86. The lowest BCUT2D eigenvalue weighted by Gasteiger charge is -2.28. The number of rotatable bonds is 1. The number of carbonyl (C=O) groups excluding carboxylic acids is 1. The van der Waals surface area contributed by atoms with E-state index in [0.29, 0.717) is 6.04 Å². The number of likely N-dealkylation sites (N-methyl/N-ethyl adjacent to an activating group) is 1. The quantitative estimate of drug-likeness (QED) is 0.687. The summed E-state index contributed by atoms with van der Waals surface area (Å²) in [5, 5.41) is 3.42. The van der Waals surface area contributed by atoms with Crippen molar-refractivity contribution in [1.82, 2.24) is 10.2 Å². The average Bonchev–Trinajstić information content (AvgIpc) is 2.49. The first kappa shape index (κ1) is 11.5. The van der Waals surface area contributed by atoms with Crippen molar-refractivity contribution in [3.05, 3.63) is 0 Å². The van der Waals surface area contributed by atoms with Crippen LogP contribution in [0.5, 0.6) is 0 Å². The molecule has 1 saturated heterocycles. The van der Waals surface area contributed by atoms with E-state index < -0.39 is 0 Å². The Labute approximate surface area is 86.9 Å². The molecule has 0 aliphatic carbocycles. The van der Waals surface area contributed by atoms with Crippen molar-refractivity contribution in [2.24, 2.45) is 5.41 Å². The Bertz CT molecular complexity index is 218. The Hall–Kier alpha value is -0.570. The molecule has 0 spiro atoms. The molecule has 0 radical (unpaired) electrons. The second-order valence-corrected chi connectivity index (χ2v) is 5.45. The number of hydrogen-bond donors (Lipinski definition) is 1. The summed E-state index contributed by atoms with van der Waals surface area (Å²) in [6.45, 7) is 6.65. The summed E-state index contributed by atoms with van der Waals surface area (Å²) in [5.74, 6) is 0.205. The van der Waals surface area contributed by atoms with Gasteiger partial charge >= 0.3 is 0 Å². The molecule has 82 valence electrons. The van der Waals surface area contributed by atoms with E-state index in [1.165, 1.54) is 0 Å². The van der Waals surface area contributed by atoms with Gasteiger partial charge in [0, 0.05) is 20.1 Å². The monoisotopic (exact) mass is 198 g/mol. The van der Waals surface area contributed by atoms with Gasteiger partial charge in [0.15, 0.2) is 0 Å². The summed E-state index contributed by atoms with van der Waals surface area (Å²) in [6, 6.07) is 0.505. The van der Waals surface area contributed by atoms with Crippen LogP contribution in [-0.2, 0) is 4.79 Å². The van der Waals surface area contributed by atoms with Gasteiger partial charge < -0.3 is 10.2 Å². The van der Waals surface area contributed by atoms with Crippen molar-refractivity contribution in [3.63, 3.8) is 0 Å². The Kier molecular flexibility index (Phi) is 3.20. The fourth-order valence-electron chi connectivity index (χ4n) is 1.93. The van der Waals surface area contributed by atoms with Gasteiger partial charge in [-0.1, -0.05) is 20.8 Å². The van der Waals surface area contributed by atoms with Crippen LogP contribution in [0.25, 0.3) is 0 Å². The third kappa shape index (κ3) is 2.47. The molecule has 3 heteroatoms. The molecule has 0 aromatic heterocycles. The molecular formula is C11H22N2O. The van der Waals surface area contributed by atoms with Gasteiger partial charge in [0.1, 0.15) is 0 Å². The van der Waals surface area contributed by atoms with Crippen LogP contribution in [0, 0.1) is 5.41 Å². The van der Waals surface area contributed by atoms with Gasteiger partial charge in [-0.25, -0.2) is 0 Å². The van der Waals surface area contributed by atoms with E-state index in [0.717, 1.165) is 12.8 Å². The molecule has 1 fully saturated rings. The van der Waals surface area contributed by atoms with Gasteiger partial charge in [0.25, 0.3) is 0 Å². The number of nitrogens with one attached hydrogen (secondary N) is 1. The van der Waals surface area contributed by atoms with E-state index in [9.17, 15) is 4.79 Å². The summed E-state index contributed by atoms with van der Waals surface area (Å²) in [5.41, 5.74) is 0.251. The Morgan fingerprint density at radius 1 is 1.29 bits per heavy atom. The Morgan fingerprint density at radius 2 is 1.86 bits per heavy atom. The van der Waals surface area contributed by atoms with Crippen molar-refractivity contribution < 1.29 is 4.79 Å². The number of hydrogen-bond acceptors (Lipinski definition) is 2. The molecule has 0 bridgehead atoms. The van der Waals surface area contributed by atoms with Gasteiger partial charge in [-0.3, -0.25) is 4.79 Å². The van der Waals surface area contributed by atoms with E-state index in [2.05, 4.69) is 26.1 Å². The van der Waals surface area contributed by atoms with E-state index >= 15 is 0 Å². The van der Waals surface area contributed by atoms with E-state index in [4.69, 9.17) is 0 Å². The van der Waals surface area contributed by atoms with Gasteiger partial charge in [-0.15, -0.1) is 0 Å². The topological polar surface area (TPSA) is 32.3 Å². The molecule has 14 heavy (non-hydrogen) atoms. The molecule has 1 rings (SSSR count). The van der Waals surface area contributed by atoms with Crippen molar-refractivity contribution in [2.45, 2.75) is 45.7 Å². The maximum absolute atomic E-state index is 11.7. The number of carbonyl (C=O) groups is 1. The maximum atomic E-state index is 11.7. The molecule has 1 amide bonds. The predicted octanol–water partition coefficient (Wildman–Crippen LogP) is 1.24. The van der Waals surface area contributed by atoms with Gasteiger partial charge in [-0.2, -0.15) is 0 Å². The molecule has 1 aliphatic heterocycles. The van der Waals surface area contributed by atoms with Crippen LogP contribution in [0.1, 0.15) is 33.6 Å². The normalized spacial score (nSPS) is 27.8. The highest BCUT2D eigenvalue weighted by molar-refractivity contribution is 5.81. The van der Waals surface area contributed by atoms with Crippen LogP contribution >= 0.6 is 0 Å². The molecular weight excluding hydrogens is 176 g/mol. The molecule has 1 aliphatic rings. The van der Waals surface area contributed by atoms with Crippen LogP contribution in [0.2, 0.25) is 0 Å². The predicted molar refractivity (Wildman–Crippen MR) is 58.1 cm³/mol. The van der Waals surface area contributed by atoms with Crippen molar-refractivity contribution in [1.29, 1.82) is 0 Å². The summed E-state index contributed by atoms with van der Waals surface area (Å²) in [7, 11) is 3.63. The van der Waals surface area contributed by atoms with Gasteiger partial charge in [0.05, 0.1) is 6.04 Å². The minimum absolute atomic E-state index is 0.0363. The second kappa shape index (κ2) is 3.89. The molecule has 1 N–H and O–H groups in total.